The fraction of sp³-hybridized carbons (Fsp3) is 0.700. The summed E-state index contributed by atoms with van der Waals surface area (Å²) in [4.78, 5) is 21.1. The smallest absolute Gasteiger partial charge is 0.415 e. The van der Waals surface area contributed by atoms with Crippen LogP contribution in [-0.2, 0) is 4.74 Å². The Morgan fingerprint density at radius 2 is 2.16 bits per heavy atom. The molecule has 1 aliphatic heterocycles. The van der Waals surface area contributed by atoms with Crippen molar-refractivity contribution in [2.45, 2.75) is 71.4 Å². The Morgan fingerprint density at radius 3 is 2.84 bits per heavy atom. The van der Waals surface area contributed by atoms with Gasteiger partial charge in [0.05, 0.1) is 0 Å². The molecular weight excluding hydrogens is 314 g/mol. The van der Waals surface area contributed by atoms with Gasteiger partial charge in [-0.05, 0) is 59.2 Å². The molecule has 5 nitrogen and oxygen atoms in total. The maximum atomic E-state index is 12.5. The van der Waals surface area contributed by atoms with Gasteiger partial charge in [-0.25, -0.2) is 9.78 Å². The molecule has 0 bridgehead atoms. The van der Waals surface area contributed by atoms with E-state index in [4.69, 9.17) is 4.74 Å². The zero-order valence-electron chi connectivity index (χ0n) is 16.4. The van der Waals surface area contributed by atoms with Crippen LogP contribution in [0.1, 0.15) is 71.4 Å². The van der Waals surface area contributed by atoms with E-state index in [0.29, 0.717) is 11.9 Å². The standard InChI is InChI=1S/C20H33N3O2/c1-6-7-14-23-15-9-8-12-17(23)16-11-10-13-21-18(16)22(5)19(24)25-20(2,3)4/h10-11,13,17H,6-9,12,14-15H2,1-5H3/t17-/m1/s1. The Kier molecular flexibility index (Phi) is 6.82. The Labute approximate surface area is 152 Å². The predicted molar refractivity (Wildman–Crippen MR) is 102 cm³/mol. The second-order valence-corrected chi connectivity index (χ2v) is 7.86. The lowest BCUT2D eigenvalue weighted by atomic mass is 9.95. The number of nitrogens with zero attached hydrogens (tertiary/aromatic N) is 3. The van der Waals surface area contributed by atoms with Crippen LogP contribution in [0.25, 0.3) is 0 Å². The number of carbonyl (C=O) groups excluding carboxylic acids is 1. The molecule has 0 spiro atoms. The molecule has 0 aliphatic carbocycles. The molecule has 0 unspecified atom stereocenters. The fourth-order valence-electron chi connectivity index (χ4n) is 3.34. The molecule has 1 fully saturated rings. The first kappa shape index (κ1) is 19.7. The van der Waals surface area contributed by atoms with Crippen molar-refractivity contribution >= 4 is 11.9 Å². The number of amides is 1. The molecule has 0 saturated carbocycles. The summed E-state index contributed by atoms with van der Waals surface area (Å²) in [6.07, 6.45) is 7.37. The van der Waals surface area contributed by atoms with Crippen LogP contribution < -0.4 is 4.90 Å². The Hall–Kier alpha value is -1.62. The van der Waals surface area contributed by atoms with Crippen molar-refractivity contribution in [3.8, 4) is 0 Å². The van der Waals surface area contributed by atoms with Gasteiger partial charge < -0.3 is 4.74 Å². The van der Waals surface area contributed by atoms with Gasteiger partial charge in [0.2, 0.25) is 0 Å². The molecule has 1 amide bonds. The maximum absolute atomic E-state index is 12.5. The van der Waals surface area contributed by atoms with E-state index in [0.717, 1.165) is 25.1 Å². The molecule has 1 aliphatic rings. The highest BCUT2D eigenvalue weighted by molar-refractivity contribution is 5.87. The number of anilines is 1. The highest BCUT2D eigenvalue weighted by Gasteiger charge is 2.29. The van der Waals surface area contributed by atoms with E-state index in [9.17, 15) is 4.79 Å². The normalized spacial score (nSPS) is 18.8. The van der Waals surface area contributed by atoms with Crippen LogP contribution in [0.3, 0.4) is 0 Å². The number of pyridine rings is 1. The van der Waals surface area contributed by atoms with Gasteiger partial charge in [0.1, 0.15) is 11.4 Å². The van der Waals surface area contributed by atoms with E-state index in [1.807, 2.05) is 26.8 Å². The van der Waals surface area contributed by atoms with Crippen molar-refractivity contribution in [3.05, 3.63) is 23.9 Å². The minimum atomic E-state index is -0.516. The van der Waals surface area contributed by atoms with Gasteiger partial charge in [0, 0.05) is 24.8 Å². The molecule has 0 N–H and O–H groups in total. The lowest BCUT2D eigenvalue weighted by Crippen LogP contribution is -2.38. The molecule has 1 aromatic heterocycles. The molecule has 0 radical (unpaired) electrons. The zero-order chi connectivity index (χ0) is 18.4. The molecule has 1 aromatic rings. The van der Waals surface area contributed by atoms with E-state index < -0.39 is 5.60 Å². The Balaban J connectivity index is 2.25. The molecule has 5 heteroatoms. The molecule has 1 saturated heterocycles. The first-order valence-electron chi connectivity index (χ1n) is 9.49. The zero-order valence-corrected chi connectivity index (χ0v) is 16.4. The summed E-state index contributed by atoms with van der Waals surface area (Å²) in [6, 6.07) is 4.40. The van der Waals surface area contributed by atoms with Crippen molar-refractivity contribution in [1.29, 1.82) is 0 Å². The molecule has 1 atom stereocenters. The first-order chi connectivity index (χ1) is 11.8. The highest BCUT2D eigenvalue weighted by atomic mass is 16.6. The van der Waals surface area contributed by atoms with Crippen LogP contribution in [0.2, 0.25) is 0 Å². The second kappa shape index (κ2) is 8.65. The summed E-state index contributed by atoms with van der Waals surface area (Å²) >= 11 is 0. The minimum absolute atomic E-state index is 0.328. The summed E-state index contributed by atoms with van der Waals surface area (Å²) in [7, 11) is 1.75. The molecular formula is C20H33N3O2. The van der Waals surface area contributed by atoms with Gasteiger partial charge in [-0.15, -0.1) is 0 Å². The Morgan fingerprint density at radius 1 is 1.40 bits per heavy atom. The average Bonchev–Trinajstić information content (AvgIpc) is 2.58. The van der Waals surface area contributed by atoms with E-state index >= 15 is 0 Å². The third kappa shape index (κ3) is 5.43. The van der Waals surface area contributed by atoms with Crippen LogP contribution in [0.4, 0.5) is 10.6 Å². The number of hydrogen-bond acceptors (Lipinski definition) is 4. The van der Waals surface area contributed by atoms with Crippen molar-refractivity contribution in [3.63, 3.8) is 0 Å². The van der Waals surface area contributed by atoms with Crippen LogP contribution in [-0.4, -0.2) is 41.7 Å². The van der Waals surface area contributed by atoms with E-state index in [2.05, 4.69) is 22.9 Å². The van der Waals surface area contributed by atoms with Crippen molar-refractivity contribution in [2.24, 2.45) is 0 Å². The van der Waals surface area contributed by atoms with Crippen molar-refractivity contribution in [2.75, 3.05) is 25.0 Å². The Bertz CT molecular complexity index is 568. The lowest BCUT2D eigenvalue weighted by molar-refractivity contribution is 0.0587. The minimum Gasteiger partial charge on any atom is -0.443 e. The van der Waals surface area contributed by atoms with Crippen LogP contribution in [0.5, 0.6) is 0 Å². The highest BCUT2D eigenvalue weighted by Crippen LogP contribution is 2.35. The van der Waals surface area contributed by atoms with Gasteiger partial charge in [0.15, 0.2) is 0 Å². The SMILES string of the molecule is CCCCN1CCCC[C@@H]1c1cccnc1N(C)C(=O)OC(C)(C)C. The first-order valence-corrected chi connectivity index (χ1v) is 9.49. The molecule has 2 rings (SSSR count). The average molecular weight is 348 g/mol. The van der Waals surface area contributed by atoms with Gasteiger partial charge in [0.25, 0.3) is 0 Å². The third-order valence-corrected chi connectivity index (χ3v) is 4.57. The number of ether oxygens (including phenoxy) is 1. The van der Waals surface area contributed by atoms with Crippen LogP contribution in [0, 0.1) is 0 Å². The second-order valence-electron chi connectivity index (χ2n) is 7.86. The van der Waals surface area contributed by atoms with E-state index in [1.54, 1.807) is 18.1 Å². The van der Waals surface area contributed by atoms with E-state index in [1.165, 1.54) is 25.7 Å². The summed E-state index contributed by atoms with van der Waals surface area (Å²) in [5, 5.41) is 0. The topological polar surface area (TPSA) is 45.7 Å². The molecule has 0 aromatic carbocycles. The predicted octanol–water partition coefficient (Wildman–Crippen LogP) is 4.78. The largest absolute Gasteiger partial charge is 0.443 e. The van der Waals surface area contributed by atoms with Gasteiger partial charge >= 0.3 is 6.09 Å². The summed E-state index contributed by atoms with van der Waals surface area (Å²) in [5.41, 5.74) is 0.616. The summed E-state index contributed by atoms with van der Waals surface area (Å²) < 4.78 is 5.52. The number of carbonyl (C=O) groups is 1. The van der Waals surface area contributed by atoms with Crippen molar-refractivity contribution < 1.29 is 9.53 Å². The molecule has 140 valence electrons. The number of hydrogen-bond donors (Lipinski definition) is 0. The summed E-state index contributed by atoms with van der Waals surface area (Å²) in [6.45, 7) is 10.1. The van der Waals surface area contributed by atoms with Crippen LogP contribution >= 0.6 is 0 Å². The molecule has 2 heterocycles. The number of piperidine rings is 1. The number of aromatic nitrogens is 1. The van der Waals surface area contributed by atoms with Crippen LogP contribution in [0.15, 0.2) is 18.3 Å². The number of unbranched alkanes of at least 4 members (excludes halogenated alkanes) is 1. The fourth-order valence-corrected chi connectivity index (χ4v) is 3.34. The van der Waals surface area contributed by atoms with E-state index in [-0.39, 0.29) is 6.09 Å². The quantitative estimate of drug-likeness (QED) is 0.769. The van der Waals surface area contributed by atoms with Crippen molar-refractivity contribution in [1.82, 2.24) is 9.88 Å². The number of rotatable bonds is 5. The maximum Gasteiger partial charge on any atom is 0.415 e. The summed E-state index contributed by atoms with van der Waals surface area (Å²) in [5.74, 6) is 0.713. The van der Waals surface area contributed by atoms with Gasteiger partial charge in [-0.2, -0.15) is 0 Å². The van der Waals surface area contributed by atoms with Gasteiger partial charge in [-0.1, -0.05) is 25.8 Å². The number of likely N-dealkylation sites (tertiary alicyclic amines) is 1. The monoisotopic (exact) mass is 347 g/mol. The van der Waals surface area contributed by atoms with Gasteiger partial charge in [-0.3, -0.25) is 9.80 Å². The third-order valence-electron chi connectivity index (χ3n) is 4.57. The lowest BCUT2D eigenvalue weighted by Gasteiger charge is -2.37. The molecule has 25 heavy (non-hydrogen) atoms.